The number of hydrogen-bond donors (Lipinski definition) is 4. The number of carboxylic acid groups (broad SMARTS) is 1. The first-order valence-electron chi connectivity index (χ1n) is 9.79. The van der Waals surface area contributed by atoms with Crippen LogP contribution in [0.2, 0.25) is 0 Å². The van der Waals surface area contributed by atoms with Crippen LogP contribution in [0.25, 0.3) is 0 Å². The first-order valence-corrected chi connectivity index (χ1v) is 9.79. The van der Waals surface area contributed by atoms with Crippen molar-refractivity contribution in [2.45, 2.75) is 90.1 Å². The van der Waals surface area contributed by atoms with Crippen molar-refractivity contribution in [2.75, 3.05) is 0 Å². The molecule has 0 unspecified atom stereocenters. The van der Waals surface area contributed by atoms with E-state index < -0.39 is 29.9 Å². The normalized spacial score (nSPS) is 12.6. The van der Waals surface area contributed by atoms with Crippen LogP contribution < -0.4 is 16.4 Å². The van der Waals surface area contributed by atoms with Gasteiger partial charge >= 0.3 is 5.97 Å². The zero-order valence-corrected chi connectivity index (χ0v) is 16.8. The van der Waals surface area contributed by atoms with Crippen LogP contribution in [-0.2, 0) is 24.0 Å². The average Bonchev–Trinajstić information content (AvgIpc) is 2.62. The largest absolute Gasteiger partial charge is 0.481 e. The molecule has 0 saturated carbocycles. The summed E-state index contributed by atoms with van der Waals surface area (Å²) in [5.74, 6) is -2.59. The molecule has 3 amide bonds. The number of ketones is 1. The van der Waals surface area contributed by atoms with Crippen molar-refractivity contribution in [3.8, 4) is 0 Å². The molecule has 0 radical (unpaired) electrons. The van der Waals surface area contributed by atoms with Gasteiger partial charge in [-0.25, -0.2) is 0 Å². The van der Waals surface area contributed by atoms with Crippen molar-refractivity contribution in [3.63, 3.8) is 0 Å². The van der Waals surface area contributed by atoms with Crippen LogP contribution in [0, 0.1) is 0 Å². The fourth-order valence-corrected chi connectivity index (χ4v) is 2.51. The number of Topliss-reactive ketones (excluding diaryl/α,β-unsaturated/α-hetero) is 1. The van der Waals surface area contributed by atoms with Gasteiger partial charge in [0.05, 0.1) is 0 Å². The molecular weight excluding hydrogens is 366 g/mol. The van der Waals surface area contributed by atoms with Crippen molar-refractivity contribution >= 4 is 29.5 Å². The van der Waals surface area contributed by atoms with E-state index in [2.05, 4.69) is 10.6 Å². The predicted octanol–water partition coefficient (Wildman–Crippen LogP) is 1.04. The number of nitrogens with one attached hydrogen (secondary N) is 2. The third-order valence-electron chi connectivity index (χ3n) is 4.25. The zero-order valence-electron chi connectivity index (χ0n) is 16.8. The van der Waals surface area contributed by atoms with Gasteiger partial charge in [-0.2, -0.15) is 0 Å². The molecule has 0 saturated heterocycles. The molecule has 5 N–H and O–H groups in total. The van der Waals surface area contributed by atoms with Crippen molar-refractivity contribution in [1.82, 2.24) is 10.6 Å². The third-order valence-corrected chi connectivity index (χ3v) is 4.25. The second-order valence-corrected chi connectivity index (χ2v) is 6.89. The monoisotopic (exact) mass is 399 g/mol. The van der Waals surface area contributed by atoms with Crippen molar-refractivity contribution < 1.29 is 29.1 Å². The highest BCUT2D eigenvalue weighted by Gasteiger charge is 2.23. The van der Waals surface area contributed by atoms with Crippen LogP contribution in [0.5, 0.6) is 0 Å². The summed E-state index contributed by atoms with van der Waals surface area (Å²) < 4.78 is 0. The first kappa shape index (κ1) is 25.6. The molecule has 0 aliphatic heterocycles. The Morgan fingerprint density at radius 3 is 2.07 bits per heavy atom. The molecule has 0 fully saturated rings. The summed E-state index contributed by atoms with van der Waals surface area (Å²) in [5.41, 5.74) is 5.16. The van der Waals surface area contributed by atoms with Crippen LogP contribution in [0.15, 0.2) is 0 Å². The molecule has 160 valence electrons. The number of unbranched alkanes of at least 4 members (excludes halogenated alkanes) is 3. The number of aliphatic carboxylic acids is 1. The highest BCUT2D eigenvalue weighted by molar-refractivity contribution is 5.91. The molecule has 0 heterocycles. The fourth-order valence-electron chi connectivity index (χ4n) is 2.51. The Balaban J connectivity index is 4.11. The van der Waals surface area contributed by atoms with E-state index in [-0.39, 0.29) is 31.0 Å². The highest BCUT2D eigenvalue weighted by Crippen LogP contribution is 2.07. The second-order valence-electron chi connectivity index (χ2n) is 6.89. The smallest absolute Gasteiger partial charge is 0.303 e. The summed E-state index contributed by atoms with van der Waals surface area (Å²) in [6.07, 6.45) is 4.98. The van der Waals surface area contributed by atoms with Gasteiger partial charge in [0.15, 0.2) is 0 Å². The Bertz CT molecular complexity index is 550. The summed E-state index contributed by atoms with van der Waals surface area (Å²) in [5, 5.41) is 13.5. The maximum Gasteiger partial charge on any atom is 0.303 e. The minimum atomic E-state index is -1.10. The lowest BCUT2D eigenvalue weighted by Gasteiger charge is -2.19. The van der Waals surface area contributed by atoms with Crippen LogP contribution in [-0.4, -0.2) is 46.7 Å². The molecule has 9 heteroatoms. The van der Waals surface area contributed by atoms with Crippen molar-refractivity contribution in [3.05, 3.63) is 0 Å². The third kappa shape index (κ3) is 12.8. The van der Waals surface area contributed by atoms with Gasteiger partial charge in [0.25, 0.3) is 0 Å². The molecule has 0 aliphatic rings. The van der Waals surface area contributed by atoms with Gasteiger partial charge in [0.2, 0.25) is 17.7 Å². The Morgan fingerprint density at radius 1 is 0.893 bits per heavy atom. The Labute approximate surface area is 165 Å². The van der Waals surface area contributed by atoms with E-state index in [1.165, 1.54) is 6.92 Å². The summed E-state index contributed by atoms with van der Waals surface area (Å²) in [7, 11) is 0. The Hall–Kier alpha value is -2.45. The van der Waals surface area contributed by atoms with E-state index in [0.29, 0.717) is 19.3 Å². The molecule has 0 aromatic carbocycles. The van der Waals surface area contributed by atoms with Gasteiger partial charge < -0.3 is 21.5 Å². The topological polar surface area (TPSA) is 156 Å². The molecule has 0 rings (SSSR count). The lowest BCUT2D eigenvalue weighted by Crippen LogP contribution is -2.51. The maximum atomic E-state index is 12.1. The van der Waals surface area contributed by atoms with E-state index in [9.17, 15) is 24.0 Å². The predicted molar refractivity (Wildman–Crippen MR) is 103 cm³/mol. The van der Waals surface area contributed by atoms with Crippen LogP contribution in [0.4, 0.5) is 0 Å². The quantitative estimate of drug-likeness (QED) is 0.284. The molecule has 2 atom stereocenters. The summed E-state index contributed by atoms with van der Waals surface area (Å²) in [6.45, 7) is 3.51. The van der Waals surface area contributed by atoms with Gasteiger partial charge in [-0.3, -0.25) is 24.0 Å². The molecule has 0 aliphatic carbocycles. The maximum absolute atomic E-state index is 12.1. The lowest BCUT2D eigenvalue weighted by atomic mass is 10.1. The Kier molecular flexibility index (Phi) is 13.3. The molecule has 28 heavy (non-hydrogen) atoms. The van der Waals surface area contributed by atoms with Crippen molar-refractivity contribution in [2.24, 2.45) is 5.73 Å². The number of carboxylic acids is 1. The number of nitrogens with two attached hydrogens (primary N) is 1. The molecule has 0 aromatic heterocycles. The lowest BCUT2D eigenvalue weighted by molar-refractivity contribution is -0.137. The summed E-state index contributed by atoms with van der Waals surface area (Å²) in [6, 6.07) is -1.98. The first-order chi connectivity index (χ1) is 13.2. The molecule has 0 bridgehead atoms. The summed E-state index contributed by atoms with van der Waals surface area (Å²) >= 11 is 0. The summed E-state index contributed by atoms with van der Waals surface area (Å²) in [4.78, 5) is 57.4. The number of rotatable bonds is 16. The van der Waals surface area contributed by atoms with E-state index in [1.807, 2.05) is 6.92 Å². The van der Waals surface area contributed by atoms with Crippen molar-refractivity contribution in [1.29, 1.82) is 0 Å². The number of primary amides is 1. The highest BCUT2D eigenvalue weighted by atomic mass is 16.4. The number of carbonyl (C=O) groups is 5. The van der Waals surface area contributed by atoms with Crippen LogP contribution in [0.1, 0.15) is 78.1 Å². The number of amides is 3. The fraction of sp³-hybridized carbons (Fsp3) is 0.737. The molecule has 9 nitrogen and oxygen atoms in total. The van der Waals surface area contributed by atoms with E-state index in [1.54, 1.807) is 0 Å². The van der Waals surface area contributed by atoms with Crippen LogP contribution >= 0.6 is 0 Å². The van der Waals surface area contributed by atoms with E-state index in [0.717, 1.165) is 25.7 Å². The molecule has 0 spiro atoms. The molecular formula is C19H33N3O6. The minimum Gasteiger partial charge on any atom is -0.481 e. The number of hydrogen-bond acceptors (Lipinski definition) is 5. The standard InChI is InChI=1S/C19H33N3O6/c1-3-4-8-14(23)9-6-5-7-10-16(24)21-13(2)19(28)22-15(18(20)27)11-12-17(25)26/h13,15H,3-12H2,1-2H3,(H2,20,27)(H,21,24)(H,22,28)(H,25,26)/t13-,15+/m0/s1. The van der Waals surface area contributed by atoms with Gasteiger partial charge in [-0.05, 0) is 32.6 Å². The van der Waals surface area contributed by atoms with Gasteiger partial charge in [-0.1, -0.05) is 19.8 Å². The minimum absolute atomic E-state index is 0.117. The van der Waals surface area contributed by atoms with E-state index in [4.69, 9.17) is 10.8 Å². The second kappa shape index (κ2) is 14.6. The SMILES string of the molecule is CCCCC(=O)CCCCCC(=O)N[C@@H](C)C(=O)N[C@H](CCC(=O)O)C(N)=O. The van der Waals surface area contributed by atoms with Crippen LogP contribution in [0.3, 0.4) is 0 Å². The van der Waals surface area contributed by atoms with Gasteiger partial charge in [0, 0.05) is 25.7 Å². The zero-order chi connectivity index (χ0) is 21.5. The number of carbonyl (C=O) groups excluding carboxylic acids is 4. The molecule has 0 aromatic rings. The van der Waals surface area contributed by atoms with E-state index >= 15 is 0 Å². The average molecular weight is 399 g/mol. The van der Waals surface area contributed by atoms with Gasteiger partial charge in [0.1, 0.15) is 17.9 Å². The Morgan fingerprint density at radius 2 is 1.50 bits per heavy atom. The van der Waals surface area contributed by atoms with Gasteiger partial charge in [-0.15, -0.1) is 0 Å².